The van der Waals surface area contributed by atoms with E-state index < -0.39 is 12.2 Å². The van der Waals surface area contributed by atoms with Crippen LogP contribution in [0.2, 0.25) is 0 Å². The Morgan fingerprint density at radius 2 is 1.93 bits per heavy atom. The molecule has 1 heterocycles. The molecule has 1 aliphatic heterocycles. The average Bonchev–Trinajstić information content (AvgIpc) is 2.48. The summed E-state index contributed by atoms with van der Waals surface area (Å²) in [5.74, 6) is -0.277. The van der Waals surface area contributed by atoms with Crippen LogP contribution in [0, 0.1) is 0 Å². The van der Waals surface area contributed by atoms with E-state index in [1.54, 1.807) is 11.8 Å². The summed E-state index contributed by atoms with van der Waals surface area (Å²) in [6.07, 6.45) is -0.889. The molecule has 0 aliphatic carbocycles. The molecule has 0 aromatic carbocycles. The Labute approximate surface area is 89.6 Å². The predicted octanol–water partition coefficient (Wildman–Crippen LogP) is -0.635. The topological polar surface area (TPSA) is 70.0 Å². The first kappa shape index (κ1) is 12.4. The van der Waals surface area contributed by atoms with Gasteiger partial charge in [-0.15, -0.1) is 0 Å². The smallest absolute Gasteiger partial charge is 0.323 e. The number of carbonyl (C=O) groups excluding carboxylic acids is 1. The number of esters is 1. The third-order valence-corrected chi connectivity index (χ3v) is 2.67. The van der Waals surface area contributed by atoms with Crippen molar-refractivity contribution < 1.29 is 19.7 Å². The van der Waals surface area contributed by atoms with E-state index in [1.165, 1.54) is 0 Å². The summed E-state index contributed by atoms with van der Waals surface area (Å²) in [7, 11) is 0. The second-order valence-corrected chi connectivity index (χ2v) is 3.76. The highest BCUT2D eigenvalue weighted by atomic mass is 16.5. The Hall–Kier alpha value is -0.650. The summed E-state index contributed by atoms with van der Waals surface area (Å²) in [6.45, 7) is 4.67. The fourth-order valence-corrected chi connectivity index (χ4v) is 1.87. The van der Waals surface area contributed by atoms with Gasteiger partial charge in [-0.1, -0.05) is 6.92 Å². The number of rotatable bonds is 4. The van der Waals surface area contributed by atoms with Gasteiger partial charge in [0.05, 0.1) is 18.8 Å². The van der Waals surface area contributed by atoms with Gasteiger partial charge in [0.15, 0.2) is 0 Å². The molecule has 0 aromatic rings. The first-order valence-corrected chi connectivity index (χ1v) is 5.36. The molecule has 1 fully saturated rings. The molecule has 0 radical (unpaired) electrons. The summed E-state index contributed by atoms with van der Waals surface area (Å²) in [5, 5.41) is 18.8. The fourth-order valence-electron chi connectivity index (χ4n) is 1.87. The third kappa shape index (κ3) is 2.90. The van der Waals surface area contributed by atoms with Crippen LogP contribution in [0.3, 0.4) is 0 Å². The summed E-state index contributed by atoms with van der Waals surface area (Å²) < 4.78 is 4.93. The maximum atomic E-state index is 11.5. The van der Waals surface area contributed by atoms with E-state index in [4.69, 9.17) is 4.74 Å². The highest BCUT2D eigenvalue weighted by Gasteiger charge is 2.36. The number of ether oxygens (including phenoxy) is 1. The largest absolute Gasteiger partial charge is 0.465 e. The van der Waals surface area contributed by atoms with Gasteiger partial charge in [-0.2, -0.15) is 0 Å². The van der Waals surface area contributed by atoms with Crippen molar-refractivity contribution in [2.75, 3.05) is 19.7 Å². The molecule has 0 saturated carbocycles. The van der Waals surface area contributed by atoms with Crippen molar-refractivity contribution in [2.45, 2.75) is 38.5 Å². The summed E-state index contributed by atoms with van der Waals surface area (Å²) >= 11 is 0. The summed E-state index contributed by atoms with van der Waals surface area (Å²) in [5.41, 5.74) is 0. The molecular weight excluding hydrogens is 198 g/mol. The lowest BCUT2D eigenvalue weighted by atomic mass is 10.2. The number of hydrogen-bond acceptors (Lipinski definition) is 5. The molecule has 2 N–H and O–H groups in total. The molecule has 0 bridgehead atoms. The van der Waals surface area contributed by atoms with Crippen molar-refractivity contribution in [1.29, 1.82) is 0 Å². The normalized spacial score (nSPS) is 29.1. The zero-order chi connectivity index (χ0) is 11.4. The van der Waals surface area contributed by atoms with E-state index in [2.05, 4.69) is 0 Å². The molecule has 15 heavy (non-hydrogen) atoms. The first-order chi connectivity index (χ1) is 7.10. The van der Waals surface area contributed by atoms with Crippen molar-refractivity contribution in [1.82, 2.24) is 4.90 Å². The minimum Gasteiger partial charge on any atom is -0.465 e. The highest BCUT2D eigenvalue weighted by Crippen LogP contribution is 2.16. The molecule has 1 saturated heterocycles. The quantitative estimate of drug-likeness (QED) is 0.613. The third-order valence-electron chi connectivity index (χ3n) is 2.67. The van der Waals surface area contributed by atoms with Crippen LogP contribution in [0.5, 0.6) is 0 Å². The van der Waals surface area contributed by atoms with Crippen molar-refractivity contribution in [3.63, 3.8) is 0 Å². The van der Waals surface area contributed by atoms with E-state index >= 15 is 0 Å². The molecule has 88 valence electrons. The predicted molar refractivity (Wildman–Crippen MR) is 54.3 cm³/mol. The van der Waals surface area contributed by atoms with Crippen molar-refractivity contribution >= 4 is 5.97 Å². The zero-order valence-corrected chi connectivity index (χ0v) is 9.22. The van der Waals surface area contributed by atoms with Crippen LogP contribution in [0.4, 0.5) is 0 Å². The van der Waals surface area contributed by atoms with Crippen LogP contribution in [-0.2, 0) is 9.53 Å². The Balaban J connectivity index is 2.56. The van der Waals surface area contributed by atoms with E-state index in [9.17, 15) is 15.0 Å². The van der Waals surface area contributed by atoms with Gasteiger partial charge in [-0.05, 0) is 13.3 Å². The molecule has 0 aromatic heterocycles. The SMILES string of the molecule is CCOC(=O)C(CC)N1CC(O)C(O)C1. The van der Waals surface area contributed by atoms with E-state index in [0.29, 0.717) is 26.1 Å². The number of aliphatic hydroxyl groups excluding tert-OH is 2. The van der Waals surface area contributed by atoms with E-state index in [-0.39, 0.29) is 12.0 Å². The van der Waals surface area contributed by atoms with Crippen molar-refractivity contribution in [3.8, 4) is 0 Å². The standard InChI is InChI=1S/C10H19NO4/c1-3-7(10(14)15-4-2)11-5-8(12)9(13)6-11/h7-9,12-13H,3-6H2,1-2H3. The van der Waals surface area contributed by atoms with Crippen LogP contribution in [0.15, 0.2) is 0 Å². The Morgan fingerprint density at radius 1 is 1.40 bits per heavy atom. The van der Waals surface area contributed by atoms with Gasteiger partial charge < -0.3 is 14.9 Å². The lowest BCUT2D eigenvalue weighted by Crippen LogP contribution is -2.41. The van der Waals surface area contributed by atoms with E-state index in [1.807, 2.05) is 6.92 Å². The maximum Gasteiger partial charge on any atom is 0.323 e. The fraction of sp³-hybridized carbons (Fsp3) is 0.900. The zero-order valence-electron chi connectivity index (χ0n) is 9.22. The Bertz CT molecular complexity index is 211. The second-order valence-electron chi connectivity index (χ2n) is 3.76. The second kappa shape index (κ2) is 5.44. The Kier molecular flexibility index (Phi) is 4.50. The van der Waals surface area contributed by atoms with Crippen molar-refractivity contribution in [2.24, 2.45) is 0 Å². The molecule has 1 rings (SSSR count). The molecule has 3 atom stereocenters. The van der Waals surface area contributed by atoms with Gasteiger partial charge in [-0.25, -0.2) is 0 Å². The lowest BCUT2D eigenvalue weighted by Gasteiger charge is -2.24. The molecule has 5 heteroatoms. The van der Waals surface area contributed by atoms with Gasteiger partial charge in [0.1, 0.15) is 6.04 Å². The summed E-state index contributed by atoms with van der Waals surface area (Å²) in [6, 6.07) is -0.350. The van der Waals surface area contributed by atoms with E-state index in [0.717, 1.165) is 0 Å². The number of hydrogen-bond donors (Lipinski definition) is 2. The Morgan fingerprint density at radius 3 is 2.33 bits per heavy atom. The monoisotopic (exact) mass is 217 g/mol. The molecule has 5 nitrogen and oxygen atoms in total. The van der Waals surface area contributed by atoms with Crippen molar-refractivity contribution in [3.05, 3.63) is 0 Å². The molecule has 3 unspecified atom stereocenters. The summed E-state index contributed by atoms with van der Waals surface area (Å²) in [4.78, 5) is 13.3. The average molecular weight is 217 g/mol. The minimum absolute atomic E-state index is 0.277. The van der Waals surface area contributed by atoms with Crippen LogP contribution in [0.1, 0.15) is 20.3 Å². The molecule has 1 aliphatic rings. The van der Waals surface area contributed by atoms with Gasteiger partial charge in [0.25, 0.3) is 0 Å². The van der Waals surface area contributed by atoms with Crippen LogP contribution >= 0.6 is 0 Å². The van der Waals surface area contributed by atoms with Gasteiger partial charge in [-0.3, -0.25) is 9.69 Å². The molecule has 0 spiro atoms. The number of aliphatic hydroxyl groups is 2. The van der Waals surface area contributed by atoms with Gasteiger partial charge >= 0.3 is 5.97 Å². The lowest BCUT2D eigenvalue weighted by molar-refractivity contribution is -0.149. The number of likely N-dealkylation sites (tertiary alicyclic amines) is 1. The van der Waals surface area contributed by atoms with Crippen LogP contribution in [-0.4, -0.2) is 59.0 Å². The molecular formula is C10H19NO4. The maximum absolute atomic E-state index is 11.5. The van der Waals surface area contributed by atoms with Gasteiger partial charge in [0, 0.05) is 13.1 Å². The van der Waals surface area contributed by atoms with Crippen LogP contribution in [0.25, 0.3) is 0 Å². The number of β-amino-alcohol motifs (C(OH)–C–C–N with tert-alkyl or cyclic N) is 2. The van der Waals surface area contributed by atoms with Gasteiger partial charge in [0.2, 0.25) is 0 Å². The molecule has 0 amide bonds. The number of nitrogens with zero attached hydrogens (tertiary/aromatic N) is 1. The first-order valence-electron chi connectivity index (χ1n) is 5.36. The minimum atomic E-state index is -0.756. The highest BCUT2D eigenvalue weighted by molar-refractivity contribution is 5.75. The number of carbonyl (C=O) groups is 1. The van der Waals surface area contributed by atoms with Crippen LogP contribution < -0.4 is 0 Å².